The highest BCUT2D eigenvalue weighted by atomic mass is 32.2. The van der Waals surface area contributed by atoms with Crippen LogP contribution in [0.15, 0.2) is 58.2 Å². The van der Waals surface area contributed by atoms with E-state index < -0.39 is 5.97 Å². The molecule has 7 heteroatoms. The summed E-state index contributed by atoms with van der Waals surface area (Å²) < 4.78 is 10.6. The Morgan fingerprint density at radius 1 is 1.18 bits per heavy atom. The zero-order chi connectivity index (χ0) is 19.3. The van der Waals surface area contributed by atoms with Gasteiger partial charge in [0.15, 0.2) is 12.2 Å². The first-order chi connectivity index (χ1) is 13.7. The van der Waals surface area contributed by atoms with Gasteiger partial charge in [-0.3, -0.25) is 9.59 Å². The number of para-hydroxylation sites is 2. The smallest absolute Gasteiger partial charge is 0.316 e. The minimum absolute atomic E-state index is 0.0229. The van der Waals surface area contributed by atoms with Crippen LogP contribution >= 0.6 is 11.8 Å². The quantitative estimate of drug-likeness (QED) is 0.506. The van der Waals surface area contributed by atoms with Crippen molar-refractivity contribution < 1.29 is 18.7 Å². The topological polar surface area (TPSA) is 81.4 Å². The lowest BCUT2D eigenvalue weighted by molar-refractivity contribution is -0.146. The fraction of sp³-hybridized carbons (Fsp3) is 0.286. The Bertz CT molecular complexity index is 968. The number of carbonyl (C=O) groups excluding carboxylic acids is 2. The van der Waals surface area contributed by atoms with Gasteiger partial charge in [-0.25, -0.2) is 4.98 Å². The molecule has 0 unspecified atom stereocenters. The third-order valence-corrected chi connectivity index (χ3v) is 5.46. The SMILES string of the molecule is O=C(COC(=O)CSc1nc2ccccc2o1)N[C@@H]1CCCc2ccccc21. The van der Waals surface area contributed by atoms with Crippen LogP contribution in [0.5, 0.6) is 0 Å². The lowest BCUT2D eigenvalue weighted by Gasteiger charge is -2.26. The number of aromatic nitrogens is 1. The average molecular weight is 396 g/mol. The van der Waals surface area contributed by atoms with E-state index in [1.165, 1.54) is 5.56 Å². The fourth-order valence-electron chi connectivity index (χ4n) is 3.36. The Hall–Kier alpha value is -2.80. The zero-order valence-electron chi connectivity index (χ0n) is 15.2. The minimum Gasteiger partial charge on any atom is -0.455 e. The van der Waals surface area contributed by atoms with E-state index in [4.69, 9.17) is 9.15 Å². The number of rotatable bonds is 6. The zero-order valence-corrected chi connectivity index (χ0v) is 16.0. The van der Waals surface area contributed by atoms with Gasteiger partial charge in [0.1, 0.15) is 11.3 Å². The van der Waals surface area contributed by atoms with E-state index in [0.717, 1.165) is 42.1 Å². The van der Waals surface area contributed by atoms with Crippen LogP contribution in [-0.2, 0) is 20.7 Å². The number of nitrogens with one attached hydrogen (secondary N) is 1. The summed E-state index contributed by atoms with van der Waals surface area (Å²) in [4.78, 5) is 28.4. The summed E-state index contributed by atoms with van der Waals surface area (Å²) in [6.45, 7) is -0.286. The summed E-state index contributed by atoms with van der Waals surface area (Å²) in [7, 11) is 0. The van der Waals surface area contributed by atoms with Gasteiger partial charge < -0.3 is 14.5 Å². The average Bonchev–Trinajstić information content (AvgIpc) is 3.14. The summed E-state index contributed by atoms with van der Waals surface area (Å²) in [5.41, 5.74) is 3.83. The first-order valence-electron chi connectivity index (χ1n) is 9.20. The molecule has 1 aromatic heterocycles. The number of ether oxygens (including phenoxy) is 1. The molecule has 1 aliphatic rings. The van der Waals surface area contributed by atoms with Crippen LogP contribution in [-0.4, -0.2) is 29.2 Å². The number of oxazole rings is 1. The third kappa shape index (κ3) is 4.36. The molecule has 0 aliphatic heterocycles. The highest BCUT2D eigenvalue weighted by Gasteiger charge is 2.21. The number of aryl methyl sites for hydroxylation is 1. The second-order valence-electron chi connectivity index (χ2n) is 6.61. The van der Waals surface area contributed by atoms with Gasteiger partial charge in [0, 0.05) is 0 Å². The molecule has 0 saturated heterocycles. The molecule has 2 aromatic carbocycles. The van der Waals surface area contributed by atoms with Crippen LogP contribution in [0.1, 0.15) is 30.0 Å². The molecule has 0 saturated carbocycles. The number of hydrogen-bond acceptors (Lipinski definition) is 6. The number of amides is 1. The molecule has 3 aromatic rings. The van der Waals surface area contributed by atoms with Gasteiger partial charge in [-0.2, -0.15) is 0 Å². The van der Waals surface area contributed by atoms with Crippen molar-refractivity contribution in [1.82, 2.24) is 10.3 Å². The van der Waals surface area contributed by atoms with Crippen LogP contribution in [0.3, 0.4) is 0 Å². The molecule has 4 rings (SSSR count). The molecule has 6 nitrogen and oxygen atoms in total. The largest absolute Gasteiger partial charge is 0.455 e. The summed E-state index contributed by atoms with van der Waals surface area (Å²) in [6.07, 6.45) is 2.96. The van der Waals surface area contributed by atoms with Gasteiger partial charge in [0.05, 0.1) is 6.04 Å². The predicted octanol–water partition coefficient (Wildman–Crippen LogP) is 3.66. The Labute approximate surface area is 166 Å². The van der Waals surface area contributed by atoms with Gasteiger partial charge in [0.2, 0.25) is 0 Å². The van der Waals surface area contributed by atoms with Gasteiger partial charge in [-0.1, -0.05) is 48.2 Å². The van der Waals surface area contributed by atoms with Crippen molar-refractivity contribution in [3.05, 3.63) is 59.7 Å². The molecule has 28 heavy (non-hydrogen) atoms. The Kier molecular flexibility index (Phi) is 5.62. The first-order valence-corrected chi connectivity index (χ1v) is 10.2. The van der Waals surface area contributed by atoms with Crippen molar-refractivity contribution in [1.29, 1.82) is 0 Å². The highest BCUT2D eigenvalue weighted by Crippen LogP contribution is 2.29. The molecule has 0 spiro atoms. The number of fused-ring (bicyclic) bond motifs is 2. The highest BCUT2D eigenvalue weighted by molar-refractivity contribution is 7.99. The molecule has 1 N–H and O–H groups in total. The third-order valence-electron chi connectivity index (χ3n) is 4.66. The van der Waals surface area contributed by atoms with E-state index in [0.29, 0.717) is 10.8 Å². The molecule has 144 valence electrons. The Morgan fingerprint density at radius 2 is 2.00 bits per heavy atom. The standard InChI is InChI=1S/C21H20N2O4S/c24-19(22-16-10-5-7-14-6-1-2-8-15(14)16)12-26-20(25)13-28-21-23-17-9-3-4-11-18(17)27-21/h1-4,6,8-9,11,16H,5,7,10,12-13H2,(H,22,24)/t16-/m1/s1. The van der Waals surface area contributed by atoms with Crippen LogP contribution in [0.25, 0.3) is 11.1 Å². The van der Waals surface area contributed by atoms with Crippen LogP contribution in [0, 0.1) is 0 Å². The molecule has 1 atom stereocenters. The monoisotopic (exact) mass is 396 g/mol. The van der Waals surface area contributed by atoms with Gasteiger partial charge >= 0.3 is 5.97 Å². The minimum atomic E-state index is -0.480. The van der Waals surface area contributed by atoms with Crippen molar-refractivity contribution >= 4 is 34.7 Å². The molecule has 1 amide bonds. The Balaban J connectivity index is 1.24. The van der Waals surface area contributed by atoms with E-state index in [1.54, 1.807) is 0 Å². The van der Waals surface area contributed by atoms with E-state index in [2.05, 4.69) is 16.4 Å². The number of nitrogens with zero attached hydrogens (tertiary/aromatic N) is 1. The van der Waals surface area contributed by atoms with Crippen molar-refractivity contribution in [2.75, 3.05) is 12.4 Å². The van der Waals surface area contributed by atoms with E-state index in [9.17, 15) is 9.59 Å². The number of carbonyl (C=O) groups is 2. The van der Waals surface area contributed by atoms with Crippen LogP contribution in [0.2, 0.25) is 0 Å². The van der Waals surface area contributed by atoms with Crippen molar-refractivity contribution in [2.24, 2.45) is 0 Å². The number of benzene rings is 2. The summed E-state index contributed by atoms with van der Waals surface area (Å²) in [5.74, 6) is -0.736. The number of hydrogen-bond donors (Lipinski definition) is 1. The molecular weight excluding hydrogens is 376 g/mol. The summed E-state index contributed by atoms with van der Waals surface area (Å²) in [6, 6.07) is 15.5. The predicted molar refractivity (Wildman–Crippen MR) is 106 cm³/mol. The maximum atomic E-state index is 12.2. The van der Waals surface area contributed by atoms with Gasteiger partial charge in [-0.15, -0.1) is 0 Å². The first kappa shape index (κ1) is 18.6. The lowest BCUT2D eigenvalue weighted by atomic mass is 9.88. The summed E-state index contributed by atoms with van der Waals surface area (Å²) in [5, 5.41) is 3.37. The molecule has 0 fully saturated rings. The number of esters is 1. The van der Waals surface area contributed by atoms with Crippen LogP contribution in [0.4, 0.5) is 0 Å². The fourth-order valence-corrected chi connectivity index (χ4v) is 4.00. The van der Waals surface area contributed by atoms with E-state index >= 15 is 0 Å². The maximum Gasteiger partial charge on any atom is 0.316 e. The molecule has 0 bridgehead atoms. The molecule has 1 heterocycles. The van der Waals surface area contributed by atoms with Gasteiger partial charge in [0.25, 0.3) is 11.1 Å². The second kappa shape index (κ2) is 8.48. The molecular formula is C21H20N2O4S. The summed E-state index contributed by atoms with van der Waals surface area (Å²) >= 11 is 1.15. The number of thioether (sulfide) groups is 1. The van der Waals surface area contributed by atoms with Crippen molar-refractivity contribution in [3.63, 3.8) is 0 Å². The second-order valence-corrected chi connectivity index (χ2v) is 7.53. The van der Waals surface area contributed by atoms with Crippen molar-refractivity contribution in [2.45, 2.75) is 30.5 Å². The normalized spacial score (nSPS) is 15.8. The molecule has 0 radical (unpaired) electrons. The van der Waals surface area contributed by atoms with E-state index in [1.807, 2.05) is 42.5 Å². The van der Waals surface area contributed by atoms with Gasteiger partial charge in [-0.05, 0) is 42.5 Å². The van der Waals surface area contributed by atoms with Crippen LogP contribution < -0.4 is 5.32 Å². The maximum absolute atomic E-state index is 12.2. The van der Waals surface area contributed by atoms with E-state index in [-0.39, 0.29) is 24.3 Å². The lowest BCUT2D eigenvalue weighted by Crippen LogP contribution is -2.34. The van der Waals surface area contributed by atoms with Crippen molar-refractivity contribution in [3.8, 4) is 0 Å². The Morgan fingerprint density at radius 3 is 2.89 bits per heavy atom. The molecule has 1 aliphatic carbocycles.